The van der Waals surface area contributed by atoms with E-state index in [1.165, 1.54) is 12.1 Å². The predicted molar refractivity (Wildman–Crippen MR) is 125 cm³/mol. The molecule has 4 heterocycles. The quantitative estimate of drug-likeness (QED) is 0.606. The summed E-state index contributed by atoms with van der Waals surface area (Å²) in [5.74, 6) is 0.0444. The lowest BCUT2D eigenvalue weighted by atomic mass is 9.77. The van der Waals surface area contributed by atoms with Gasteiger partial charge in [-0.05, 0) is 68.6 Å². The van der Waals surface area contributed by atoms with Gasteiger partial charge in [0.1, 0.15) is 6.61 Å². The Bertz CT molecular complexity index is 1290. The third-order valence-electron chi connectivity index (χ3n) is 7.61. The number of anilines is 1. The number of likely N-dealkylation sites (tertiary alicyclic amines) is 1. The van der Waals surface area contributed by atoms with Crippen molar-refractivity contribution in [1.82, 2.24) is 15.1 Å². The average Bonchev–Trinajstić information content (AvgIpc) is 3.36. The number of hydrogen-bond acceptors (Lipinski definition) is 9. The Hall–Kier alpha value is -2.89. The number of aliphatic hydroxyl groups is 1. The van der Waals surface area contributed by atoms with Crippen LogP contribution in [0.1, 0.15) is 52.4 Å². The zero-order valence-electron chi connectivity index (χ0n) is 19.7. The molecule has 5 rings (SSSR count). The van der Waals surface area contributed by atoms with Crippen LogP contribution < -0.4 is 4.90 Å². The molecule has 1 N–H and O–H groups in total. The first-order chi connectivity index (χ1) is 16.6. The maximum absolute atomic E-state index is 13.3. The molecule has 1 spiro atoms. The van der Waals surface area contributed by atoms with Crippen LogP contribution >= 0.6 is 0 Å². The molecule has 11 heteroatoms. The number of β-amino-alcohol motifs (C(OH)–C–C–N with tert-alkyl or cyclic N) is 1. The Morgan fingerprint density at radius 3 is 2.46 bits per heavy atom. The first kappa shape index (κ1) is 23.8. The van der Waals surface area contributed by atoms with Gasteiger partial charge in [-0.1, -0.05) is 6.07 Å². The Kier molecular flexibility index (Phi) is 5.89. The Morgan fingerprint density at radius 2 is 1.80 bits per heavy atom. The number of sulfone groups is 1. The maximum atomic E-state index is 13.3. The fourth-order valence-corrected chi connectivity index (χ4v) is 5.90. The molecule has 2 saturated heterocycles. The third-order valence-corrected chi connectivity index (χ3v) is 8.58. The highest BCUT2D eigenvalue weighted by Gasteiger charge is 2.49. The van der Waals surface area contributed by atoms with Crippen molar-refractivity contribution in [2.45, 2.75) is 43.9 Å². The number of aliphatic hydroxyl groups excluding tert-OH is 1. The van der Waals surface area contributed by atoms with E-state index in [1.807, 2.05) is 6.92 Å². The van der Waals surface area contributed by atoms with Gasteiger partial charge in [-0.15, -0.1) is 10.2 Å². The van der Waals surface area contributed by atoms with E-state index in [0.717, 1.165) is 22.9 Å². The van der Waals surface area contributed by atoms with Crippen LogP contribution in [-0.4, -0.2) is 72.9 Å². The smallest absolute Gasteiger partial charge is 0.338 e. The van der Waals surface area contributed by atoms with E-state index in [2.05, 4.69) is 15.1 Å². The molecule has 35 heavy (non-hydrogen) atoms. The number of nitrogens with zero attached hydrogens (tertiary/aromatic N) is 4. The summed E-state index contributed by atoms with van der Waals surface area (Å²) in [5.41, 5.74) is 2.62. The number of aromatic nitrogens is 2. The average molecular weight is 501 g/mol. The van der Waals surface area contributed by atoms with E-state index < -0.39 is 21.4 Å². The summed E-state index contributed by atoms with van der Waals surface area (Å²) in [4.78, 5) is 28.9. The molecule has 0 aliphatic carbocycles. The van der Waals surface area contributed by atoms with Crippen LogP contribution in [0.2, 0.25) is 0 Å². The van der Waals surface area contributed by atoms with Crippen molar-refractivity contribution in [2.75, 3.05) is 37.3 Å². The van der Waals surface area contributed by atoms with Crippen molar-refractivity contribution in [3.8, 4) is 0 Å². The largest absolute Gasteiger partial charge is 0.457 e. The topological polar surface area (TPSA) is 130 Å². The van der Waals surface area contributed by atoms with Gasteiger partial charge >= 0.3 is 5.97 Å². The third kappa shape index (κ3) is 4.21. The normalized spacial score (nSPS) is 20.8. The number of carbonyl (C=O) groups excluding carboxylic acids is 2. The summed E-state index contributed by atoms with van der Waals surface area (Å²) in [6.45, 7) is 4.47. The van der Waals surface area contributed by atoms with Gasteiger partial charge < -0.3 is 14.7 Å². The van der Waals surface area contributed by atoms with E-state index in [9.17, 15) is 23.1 Å². The number of rotatable bonds is 5. The Morgan fingerprint density at radius 1 is 1.09 bits per heavy atom. The van der Waals surface area contributed by atoms with Gasteiger partial charge in [0.05, 0.1) is 17.1 Å². The number of ether oxygens (including phenoxy) is 1. The van der Waals surface area contributed by atoms with Crippen molar-refractivity contribution in [3.05, 3.63) is 46.5 Å². The summed E-state index contributed by atoms with van der Waals surface area (Å²) < 4.78 is 28.4. The van der Waals surface area contributed by atoms with Gasteiger partial charge in [-0.2, -0.15) is 0 Å². The van der Waals surface area contributed by atoms with E-state index >= 15 is 0 Å². The fraction of sp³-hybridized carbons (Fsp3) is 0.500. The molecule has 1 atom stereocenters. The highest BCUT2D eigenvalue weighted by Crippen LogP contribution is 2.43. The van der Waals surface area contributed by atoms with Gasteiger partial charge in [0.25, 0.3) is 0 Å². The zero-order valence-corrected chi connectivity index (χ0v) is 20.5. The summed E-state index contributed by atoms with van der Waals surface area (Å²) in [7, 11) is -3.45. The molecule has 1 aromatic carbocycles. The highest BCUT2D eigenvalue weighted by atomic mass is 32.2. The lowest BCUT2D eigenvalue weighted by molar-refractivity contribution is -0.128. The molecular weight excluding hydrogens is 472 g/mol. The SMILES string of the molecule is Cc1c(C(O)CN2CCC3(CC2)CCN(c2ccc(S(C)(=O)=O)nn2)C3=O)ccc2c1COC2=O. The summed E-state index contributed by atoms with van der Waals surface area (Å²) in [5, 5.41) is 18.6. The Balaban J connectivity index is 1.22. The van der Waals surface area contributed by atoms with Gasteiger partial charge in [-0.25, -0.2) is 13.2 Å². The second kappa shape index (κ2) is 8.65. The molecule has 10 nitrogen and oxygen atoms in total. The van der Waals surface area contributed by atoms with Crippen LogP contribution in [-0.2, 0) is 26.0 Å². The monoisotopic (exact) mass is 500 g/mol. The highest BCUT2D eigenvalue weighted by molar-refractivity contribution is 7.90. The first-order valence-electron chi connectivity index (χ1n) is 11.6. The van der Waals surface area contributed by atoms with Gasteiger partial charge in [0.15, 0.2) is 20.7 Å². The van der Waals surface area contributed by atoms with E-state index in [4.69, 9.17) is 4.74 Å². The fourth-order valence-electron chi connectivity index (χ4n) is 5.39. The molecule has 0 saturated carbocycles. The number of cyclic esters (lactones) is 1. The van der Waals surface area contributed by atoms with Crippen LogP contribution in [0.3, 0.4) is 0 Å². The van der Waals surface area contributed by atoms with E-state index in [0.29, 0.717) is 56.8 Å². The van der Waals surface area contributed by atoms with Crippen molar-refractivity contribution < 1.29 is 27.9 Å². The zero-order chi connectivity index (χ0) is 25.0. The number of fused-ring (bicyclic) bond motifs is 1. The predicted octanol–water partition coefficient (Wildman–Crippen LogP) is 1.41. The second-order valence-corrected chi connectivity index (χ2v) is 11.7. The standard InChI is InChI=1S/C24H28N4O6S/c1-15-16(3-4-17-18(15)14-34-22(17)30)19(29)13-27-10-7-24(8-11-27)9-12-28(23(24)31)20-5-6-21(26-25-20)35(2,32)33/h3-6,19,29H,7-14H2,1-2H3. The molecule has 3 aliphatic rings. The van der Waals surface area contributed by atoms with Crippen LogP contribution in [0, 0.1) is 12.3 Å². The van der Waals surface area contributed by atoms with Crippen LogP contribution in [0.5, 0.6) is 0 Å². The summed E-state index contributed by atoms with van der Waals surface area (Å²) >= 11 is 0. The number of piperidine rings is 1. The molecule has 1 aromatic heterocycles. The van der Waals surface area contributed by atoms with Crippen LogP contribution in [0.15, 0.2) is 29.3 Å². The van der Waals surface area contributed by atoms with Crippen molar-refractivity contribution in [2.24, 2.45) is 5.41 Å². The first-order valence-corrected chi connectivity index (χ1v) is 13.5. The number of hydrogen-bond donors (Lipinski definition) is 1. The van der Waals surface area contributed by atoms with Crippen molar-refractivity contribution >= 4 is 27.5 Å². The lowest BCUT2D eigenvalue weighted by Crippen LogP contribution is -2.45. The minimum absolute atomic E-state index is 0.00163. The summed E-state index contributed by atoms with van der Waals surface area (Å²) in [6.07, 6.45) is 2.42. The Labute approximate surface area is 203 Å². The number of carbonyl (C=O) groups is 2. The minimum Gasteiger partial charge on any atom is -0.457 e. The molecular formula is C24H28N4O6S. The molecule has 0 bridgehead atoms. The molecule has 2 fully saturated rings. The summed E-state index contributed by atoms with van der Waals surface area (Å²) in [6, 6.07) is 6.43. The van der Waals surface area contributed by atoms with Crippen molar-refractivity contribution in [3.63, 3.8) is 0 Å². The molecule has 186 valence electrons. The second-order valence-electron chi connectivity index (χ2n) is 9.69. The molecule has 1 amide bonds. The molecule has 3 aliphatic heterocycles. The minimum atomic E-state index is -3.45. The number of benzene rings is 1. The number of amides is 1. The van der Waals surface area contributed by atoms with Gasteiger partial charge in [0, 0.05) is 24.9 Å². The van der Waals surface area contributed by atoms with Crippen LogP contribution in [0.4, 0.5) is 5.82 Å². The molecule has 2 aromatic rings. The van der Waals surface area contributed by atoms with E-state index in [1.54, 1.807) is 17.0 Å². The molecule has 1 unspecified atom stereocenters. The van der Waals surface area contributed by atoms with Gasteiger partial charge in [-0.3, -0.25) is 9.69 Å². The maximum Gasteiger partial charge on any atom is 0.338 e. The molecule has 0 radical (unpaired) electrons. The van der Waals surface area contributed by atoms with Gasteiger partial charge in [0.2, 0.25) is 5.91 Å². The van der Waals surface area contributed by atoms with Crippen LogP contribution in [0.25, 0.3) is 0 Å². The lowest BCUT2D eigenvalue weighted by Gasteiger charge is -2.38. The van der Waals surface area contributed by atoms with E-state index in [-0.39, 0.29) is 23.5 Å². The number of esters is 1. The van der Waals surface area contributed by atoms with Crippen molar-refractivity contribution in [1.29, 1.82) is 0 Å².